The maximum absolute atomic E-state index is 12.1. The van der Waals surface area contributed by atoms with Crippen molar-refractivity contribution < 1.29 is 9.53 Å². The number of carbonyl (C=O) groups is 1. The number of ether oxygens (including phenoxy) is 1. The second-order valence-electron chi connectivity index (χ2n) is 5.41. The Kier molecular flexibility index (Phi) is 4.97. The lowest BCUT2D eigenvalue weighted by Gasteiger charge is -2.10. The molecule has 3 rings (SSSR count). The Balaban J connectivity index is 1.74. The number of halogens is 2. The molecule has 5 nitrogen and oxygen atoms in total. The van der Waals surface area contributed by atoms with E-state index in [1.807, 2.05) is 0 Å². The molecule has 128 valence electrons. The maximum Gasteiger partial charge on any atom is 0.262 e. The topological polar surface area (TPSA) is 60.3 Å². The molecule has 0 bridgehead atoms. The van der Waals surface area contributed by atoms with E-state index < -0.39 is 0 Å². The first-order valence-electron chi connectivity index (χ1n) is 7.42. The molecule has 0 spiro atoms. The molecule has 0 saturated heterocycles. The van der Waals surface area contributed by atoms with Gasteiger partial charge in [0.15, 0.2) is 6.61 Å². The molecule has 0 atom stereocenters. The van der Waals surface area contributed by atoms with Crippen LogP contribution in [0.3, 0.4) is 0 Å². The average Bonchev–Trinajstić information content (AvgIpc) is 2.59. The molecular formula is C18H14Cl2N2O3. The van der Waals surface area contributed by atoms with E-state index in [2.05, 4.69) is 5.32 Å². The highest BCUT2D eigenvalue weighted by Crippen LogP contribution is 2.25. The van der Waals surface area contributed by atoms with Crippen LogP contribution >= 0.6 is 23.2 Å². The van der Waals surface area contributed by atoms with E-state index in [4.69, 9.17) is 27.9 Å². The zero-order chi connectivity index (χ0) is 18.0. The Morgan fingerprint density at radius 2 is 1.92 bits per heavy atom. The van der Waals surface area contributed by atoms with Crippen molar-refractivity contribution in [1.82, 2.24) is 4.57 Å². The molecule has 2 aromatic carbocycles. The Morgan fingerprint density at radius 1 is 1.12 bits per heavy atom. The number of hydrogen-bond acceptors (Lipinski definition) is 3. The van der Waals surface area contributed by atoms with Crippen LogP contribution in [0.15, 0.2) is 53.5 Å². The normalized spacial score (nSPS) is 10.7. The van der Waals surface area contributed by atoms with Crippen LogP contribution in [-0.2, 0) is 11.8 Å². The minimum atomic E-state index is -0.348. The zero-order valence-electron chi connectivity index (χ0n) is 13.3. The molecule has 0 saturated carbocycles. The first kappa shape index (κ1) is 17.3. The van der Waals surface area contributed by atoms with Crippen LogP contribution < -0.4 is 15.6 Å². The Hall–Kier alpha value is -2.50. The van der Waals surface area contributed by atoms with Gasteiger partial charge in [-0.2, -0.15) is 0 Å². The predicted octanol–water partition coefficient (Wildman–Crippen LogP) is 3.86. The fraction of sp³-hybridized carbons (Fsp3) is 0.111. The third kappa shape index (κ3) is 3.78. The molecule has 0 aliphatic heterocycles. The second-order valence-corrected chi connectivity index (χ2v) is 6.23. The summed E-state index contributed by atoms with van der Waals surface area (Å²) in [5.74, 6) is 0.124. The van der Waals surface area contributed by atoms with Crippen molar-refractivity contribution in [2.24, 2.45) is 7.05 Å². The standard InChI is InChI=1S/C18H14Cl2N2O3/c1-22-8-7-12-13(18(22)24)3-2-4-16(12)25-10-17(23)21-11-5-6-14(19)15(20)9-11/h2-9H,10H2,1H3,(H,21,23). The smallest absolute Gasteiger partial charge is 0.262 e. The summed E-state index contributed by atoms with van der Waals surface area (Å²) in [6.07, 6.45) is 1.66. The number of rotatable bonds is 4. The van der Waals surface area contributed by atoms with Crippen molar-refractivity contribution in [3.63, 3.8) is 0 Å². The van der Waals surface area contributed by atoms with Crippen LogP contribution in [0.2, 0.25) is 10.0 Å². The Labute approximate surface area is 153 Å². The number of amides is 1. The molecule has 0 unspecified atom stereocenters. The lowest BCUT2D eigenvalue weighted by atomic mass is 10.1. The number of carbonyl (C=O) groups excluding carboxylic acids is 1. The summed E-state index contributed by atoms with van der Waals surface area (Å²) >= 11 is 11.8. The first-order valence-corrected chi connectivity index (χ1v) is 8.17. The summed E-state index contributed by atoms with van der Waals surface area (Å²) in [5.41, 5.74) is 0.401. The average molecular weight is 377 g/mol. The van der Waals surface area contributed by atoms with Crippen LogP contribution in [-0.4, -0.2) is 17.1 Å². The monoisotopic (exact) mass is 376 g/mol. The van der Waals surface area contributed by atoms with Gasteiger partial charge in [-0.25, -0.2) is 0 Å². The molecular weight excluding hydrogens is 363 g/mol. The van der Waals surface area contributed by atoms with Gasteiger partial charge >= 0.3 is 0 Å². The molecule has 25 heavy (non-hydrogen) atoms. The van der Waals surface area contributed by atoms with Crippen LogP contribution in [0, 0.1) is 0 Å². The quantitative estimate of drug-likeness (QED) is 0.751. The third-order valence-corrected chi connectivity index (χ3v) is 4.38. The maximum atomic E-state index is 12.1. The second kappa shape index (κ2) is 7.17. The van der Waals surface area contributed by atoms with E-state index >= 15 is 0 Å². The van der Waals surface area contributed by atoms with Crippen molar-refractivity contribution in [1.29, 1.82) is 0 Å². The van der Waals surface area contributed by atoms with Gasteiger partial charge in [-0.1, -0.05) is 29.3 Å². The molecule has 0 aliphatic carbocycles. The van der Waals surface area contributed by atoms with Gasteiger partial charge in [0, 0.05) is 24.3 Å². The van der Waals surface area contributed by atoms with E-state index in [1.165, 1.54) is 4.57 Å². The minimum absolute atomic E-state index is 0.122. The van der Waals surface area contributed by atoms with Gasteiger partial charge in [0.05, 0.1) is 15.4 Å². The number of pyridine rings is 1. The number of anilines is 1. The number of aryl methyl sites for hydroxylation is 1. The summed E-state index contributed by atoms with van der Waals surface area (Å²) in [7, 11) is 1.68. The van der Waals surface area contributed by atoms with E-state index in [0.29, 0.717) is 32.3 Å². The molecule has 1 aromatic heterocycles. The highest BCUT2D eigenvalue weighted by molar-refractivity contribution is 6.42. The number of nitrogens with one attached hydrogen (secondary N) is 1. The fourth-order valence-electron chi connectivity index (χ4n) is 2.39. The number of nitrogens with zero attached hydrogens (tertiary/aromatic N) is 1. The molecule has 1 N–H and O–H groups in total. The lowest BCUT2D eigenvalue weighted by Crippen LogP contribution is -2.20. The number of benzene rings is 2. The lowest BCUT2D eigenvalue weighted by molar-refractivity contribution is -0.118. The molecule has 0 radical (unpaired) electrons. The number of aromatic nitrogens is 1. The summed E-state index contributed by atoms with van der Waals surface area (Å²) in [6.45, 7) is -0.200. The van der Waals surface area contributed by atoms with Gasteiger partial charge in [-0.3, -0.25) is 9.59 Å². The molecule has 0 aliphatic rings. The number of hydrogen-bond donors (Lipinski definition) is 1. The largest absolute Gasteiger partial charge is 0.483 e. The van der Waals surface area contributed by atoms with Crippen molar-refractivity contribution in [3.8, 4) is 5.75 Å². The van der Waals surface area contributed by atoms with Gasteiger partial charge < -0.3 is 14.6 Å². The van der Waals surface area contributed by atoms with Crippen molar-refractivity contribution in [2.45, 2.75) is 0 Å². The fourth-order valence-corrected chi connectivity index (χ4v) is 2.68. The van der Waals surface area contributed by atoms with Gasteiger partial charge in [-0.15, -0.1) is 0 Å². The Bertz CT molecular complexity index is 1010. The van der Waals surface area contributed by atoms with Crippen LogP contribution in [0.4, 0.5) is 5.69 Å². The predicted molar refractivity (Wildman–Crippen MR) is 99.8 cm³/mol. The molecule has 1 amide bonds. The van der Waals surface area contributed by atoms with Crippen molar-refractivity contribution in [2.75, 3.05) is 11.9 Å². The SMILES string of the molecule is Cn1ccc2c(OCC(=O)Nc3ccc(Cl)c(Cl)c3)cccc2c1=O. The number of fused-ring (bicyclic) bond motifs is 1. The molecule has 0 fully saturated rings. The first-order chi connectivity index (χ1) is 12.0. The van der Waals surface area contributed by atoms with Gasteiger partial charge in [0.2, 0.25) is 0 Å². The third-order valence-electron chi connectivity index (χ3n) is 3.64. The molecule has 1 heterocycles. The van der Waals surface area contributed by atoms with Gasteiger partial charge in [0.1, 0.15) is 5.75 Å². The summed E-state index contributed by atoms with van der Waals surface area (Å²) < 4.78 is 7.07. The van der Waals surface area contributed by atoms with Crippen LogP contribution in [0.25, 0.3) is 10.8 Å². The van der Waals surface area contributed by atoms with E-state index in [1.54, 1.807) is 55.7 Å². The van der Waals surface area contributed by atoms with Crippen molar-refractivity contribution >= 4 is 45.6 Å². The van der Waals surface area contributed by atoms with E-state index in [0.717, 1.165) is 0 Å². The van der Waals surface area contributed by atoms with Crippen LogP contribution in [0.1, 0.15) is 0 Å². The summed E-state index contributed by atoms with van der Waals surface area (Å²) in [6, 6.07) is 11.7. The zero-order valence-corrected chi connectivity index (χ0v) is 14.8. The van der Waals surface area contributed by atoms with Crippen molar-refractivity contribution in [3.05, 3.63) is 69.1 Å². The highest BCUT2D eigenvalue weighted by Gasteiger charge is 2.09. The van der Waals surface area contributed by atoms with Crippen LogP contribution in [0.5, 0.6) is 5.75 Å². The van der Waals surface area contributed by atoms with E-state index in [-0.39, 0.29) is 18.1 Å². The Morgan fingerprint density at radius 3 is 2.68 bits per heavy atom. The van der Waals surface area contributed by atoms with E-state index in [9.17, 15) is 9.59 Å². The minimum Gasteiger partial charge on any atom is -0.483 e. The van der Waals surface area contributed by atoms with Gasteiger partial charge in [-0.05, 0) is 36.4 Å². The highest BCUT2D eigenvalue weighted by atomic mass is 35.5. The van der Waals surface area contributed by atoms with Gasteiger partial charge in [0.25, 0.3) is 11.5 Å². The molecule has 3 aromatic rings. The summed E-state index contributed by atoms with van der Waals surface area (Å²) in [4.78, 5) is 24.2. The summed E-state index contributed by atoms with van der Waals surface area (Å²) in [5, 5.41) is 4.63. The molecule has 7 heteroatoms.